The van der Waals surface area contributed by atoms with Crippen molar-refractivity contribution in [2.75, 3.05) is 0 Å². The van der Waals surface area contributed by atoms with Gasteiger partial charge in [-0.2, -0.15) is 0 Å². The van der Waals surface area contributed by atoms with Gasteiger partial charge in [-0.1, -0.05) is 0 Å². The number of benzene rings is 1. The average molecular weight is 298 g/mol. The number of hydrogen-bond donors (Lipinski definition) is 1. The number of carbonyl (C=O) groups is 2. The number of hydrogen-bond acceptors (Lipinski definition) is 4. The summed E-state index contributed by atoms with van der Waals surface area (Å²) in [5.74, 6) is -1.22. The molecule has 0 aliphatic carbocycles. The molecule has 0 saturated heterocycles. The standard InChI is InChI=1S/C15H14O5.Na.H/c1-8-7-19-15-9(2)14(20-10(3)16)11(6-12(8)15)4-5-13(17)18;;/h4-7H,1-3H3,(H,17,18);;/b5-4+;;. The van der Waals surface area contributed by atoms with E-state index < -0.39 is 11.9 Å². The van der Waals surface area contributed by atoms with Crippen molar-refractivity contribution in [2.24, 2.45) is 0 Å². The molecule has 0 unspecified atom stereocenters. The van der Waals surface area contributed by atoms with E-state index >= 15 is 0 Å². The van der Waals surface area contributed by atoms with Crippen LogP contribution in [0.15, 0.2) is 22.8 Å². The molecule has 0 spiro atoms. The van der Waals surface area contributed by atoms with Gasteiger partial charge in [-0.25, -0.2) is 4.79 Å². The van der Waals surface area contributed by atoms with Crippen LogP contribution in [0, 0.1) is 13.8 Å². The van der Waals surface area contributed by atoms with Crippen molar-refractivity contribution in [3.8, 4) is 5.75 Å². The number of furan rings is 1. The molecule has 0 bridgehead atoms. The van der Waals surface area contributed by atoms with Gasteiger partial charge in [-0.15, -0.1) is 0 Å². The second-order valence-electron chi connectivity index (χ2n) is 4.48. The number of fused-ring (bicyclic) bond motifs is 1. The first-order valence-corrected chi connectivity index (χ1v) is 6.01. The van der Waals surface area contributed by atoms with E-state index in [0.29, 0.717) is 22.5 Å². The quantitative estimate of drug-likeness (QED) is 0.407. The Labute approximate surface area is 143 Å². The molecule has 1 aromatic carbocycles. The predicted octanol–water partition coefficient (Wildman–Crippen LogP) is 2.42. The molecule has 5 nitrogen and oxygen atoms in total. The fraction of sp³-hybridized carbons (Fsp3) is 0.200. The van der Waals surface area contributed by atoms with Gasteiger partial charge in [0, 0.05) is 29.5 Å². The molecule has 0 fully saturated rings. The summed E-state index contributed by atoms with van der Waals surface area (Å²) in [7, 11) is 0. The zero-order chi connectivity index (χ0) is 14.9. The van der Waals surface area contributed by atoms with Gasteiger partial charge in [0.2, 0.25) is 0 Å². The summed E-state index contributed by atoms with van der Waals surface area (Å²) in [5.41, 5.74) is 2.75. The molecule has 0 saturated carbocycles. The van der Waals surface area contributed by atoms with Gasteiger partial charge in [-0.3, -0.25) is 4.79 Å². The van der Waals surface area contributed by atoms with Crippen molar-refractivity contribution in [1.82, 2.24) is 0 Å². The van der Waals surface area contributed by atoms with E-state index in [1.165, 1.54) is 13.0 Å². The number of carboxylic acids is 1. The molecule has 6 heteroatoms. The molecule has 0 radical (unpaired) electrons. The van der Waals surface area contributed by atoms with Crippen molar-refractivity contribution in [1.29, 1.82) is 0 Å². The van der Waals surface area contributed by atoms with Crippen molar-refractivity contribution < 1.29 is 23.8 Å². The molecule has 0 amide bonds. The van der Waals surface area contributed by atoms with Crippen LogP contribution in [0.1, 0.15) is 23.6 Å². The molecule has 106 valence electrons. The number of aliphatic carboxylic acids is 1. The number of aryl methyl sites for hydroxylation is 2. The van der Waals surface area contributed by atoms with Gasteiger partial charge in [0.15, 0.2) is 0 Å². The van der Waals surface area contributed by atoms with E-state index in [0.717, 1.165) is 17.0 Å². The van der Waals surface area contributed by atoms with Crippen LogP contribution < -0.4 is 4.74 Å². The zero-order valence-electron chi connectivity index (χ0n) is 11.4. The van der Waals surface area contributed by atoms with Crippen LogP contribution in [0.4, 0.5) is 0 Å². The third kappa shape index (κ3) is 3.75. The summed E-state index contributed by atoms with van der Waals surface area (Å²) < 4.78 is 10.6. The summed E-state index contributed by atoms with van der Waals surface area (Å²) >= 11 is 0. The van der Waals surface area contributed by atoms with E-state index in [1.807, 2.05) is 6.92 Å². The molecule has 2 aromatic rings. The fourth-order valence-electron chi connectivity index (χ4n) is 2.03. The Balaban J connectivity index is 0.00000220. The summed E-state index contributed by atoms with van der Waals surface area (Å²) in [6, 6.07) is 1.75. The second-order valence-corrected chi connectivity index (χ2v) is 4.48. The Bertz CT molecular complexity index is 727. The molecular formula is C15H15NaO5. The maximum atomic E-state index is 11.2. The molecule has 2 rings (SSSR count). The van der Waals surface area contributed by atoms with E-state index in [1.54, 1.807) is 19.3 Å². The number of ether oxygens (including phenoxy) is 1. The predicted molar refractivity (Wildman–Crippen MR) is 80.8 cm³/mol. The van der Waals surface area contributed by atoms with Crippen LogP contribution >= 0.6 is 0 Å². The van der Waals surface area contributed by atoms with Gasteiger partial charge < -0.3 is 14.3 Å². The molecule has 0 aliphatic heterocycles. The van der Waals surface area contributed by atoms with Crippen LogP contribution in [0.5, 0.6) is 5.75 Å². The van der Waals surface area contributed by atoms with Crippen LogP contribution in [-0.4, -0.2) is 46.6 Å². The van der Waals surface area contributed by atoms with Gasteiger partial charge in [0.1, 0.15) is 11.3 Å². The number of rotatable bonds is 3. The van der Waals surface area contributed by atoms with E-state index in [-0.39, 0.29) is 29.6 Å². The summed E-state index contributed by atoms with van der Waals surface area (Å²) in [6.45, 7) is 4.95. The van der Waals surface area contributed by atoms with E-state index in [2.05, 4.69) is 0 Å². The Morgan fingerprint density at radius 1 is 1.33 bits per heavy atom. The Morgan fingerprint density at radius 2 is 2.00 bits per heavy atom. The number of carboxylic acid groups (broad SMARTS) is 1. The first-order chi connectivity index (χ1) is 9.40. The normalized spacial score (nSPS) is 10.6. The SMILES string of the molecule is CC(=O)Oc1c(/C=C/C(=O)O)cc2c(C)coc2c1C.[NaH]. The first kappa shape index (κ1) is 17.5. The topological polar surface area (TPSA) is 76.7 Å². The first-order valence-electron chi connectivity index (χ1n) is 6.01. The summed E-state index contributed by atoms with van der Waals surface area (Å²) in [6.07, 6.45) is 4.02. The van der Waals surface area contributed by atoms with E-state index in [4.69, 9.17) is 14.3 Å². The fourth-order valence-corrected chi connectivity index (χ4v) is 2.03. The Hall–Kier alpha value is -1.56. The molecule has 1 heterocycles. The van der Waals surface area contributed by atoms with Crippen molar-refractivity contribution >= 4 is 58.5 Å². The van der Waals surface area contributed by atoms with Crippen LogP contribution in [0.3, 0.4) is 0 Å². The summed E-state index contributed by atoms with van der Waals surface area (Å²) in [5, 5.41) is 9.60. The second kappa shape index (κ2) is 6.93. The molecule has 1 aromatic heterocycles. The molecule has 0 aliphatic rings. The average Bonchev–Trinajstić information content (AvgIpc) is 2.72. The van der Waals surface area contributed by atoms with Crippen LogP contribution in [0.25, 0.3) is 17.0 Å². The molecule has 21 heavy (non-hydrogen) atoms. The van der Waals surface area contributed by atoms with E-state index in [9.17, 15) is 9.59 Å². The molecular weight excluding hydrogens is 283 g/mol. The maximum absolute atomic E-state index is 11.2. The van der Waals surface area contributed by atoms with Crippen LogP contribution in [0.2, 0.25) is 0 Å². The Morgan fingerprint density at radius 3 is 2.57 bits per heavy atom. The zero-order valence-corrected chi connectivity index (χ0v) is 11.4. The van der Waals surface area contributed by atoms with Gasteiger partial charge in [0.05, 0.1) is 6.26 Å². The van der Waals surface area contributed by atoms with Crippen molar-refractivity contribution in [3.05, 3.63) is 35.1 Å². The third-order valence-electron chi connectivity index (χ3n) is 2.92. The molecule has 1 N–H and O–H groups in total. The number of carbonyl (C=O) groups excluding carboxylic acids is 1. The number of esters is 1. The monoisotopic (exact) mass is 298 g/mol. The summed E-state index contributed by atoms with van der Waals surface area (Å²) in [4.78, 5) is 21.9. The molecule has 0 atom stereocenters. The minimum absolute atomic E-state index is 0. The van der Waals surface area contributed by atoms with Crippen molar-refractivity contribution in [3.63, 3.8) is 0 Å². The third-order valence-corrected chi connectivity index (χ3v) is 2.92. The minimum atomic E-state index is -1.07. The van der Waals surface area contributed by atoms with Crippen molar-refractivity contribution in [2.45, 2.75) is 20.8 Å². The van der Waals surface area contributed by atoms with Gasteiger partial charge >= 0.3 is 41.5 Å². The van der Waals surface area contributed by atoms with Crippen LogP contribution in [-0.2, 0) is 9.59 Å². The van der Waals surface area contributed by atoms with Gasteiger partial charge in [-0.05, 0) is 31.6 Å². The van der Waals surface area contributed by atoms with Gasteiger partial charge in [0.25, 0.3) is 0 Å². The Kier molecular flexibility index (Phi) is 5.78.